The predicted octanol–water partition coefficient (Wildman–Crippen LogP) is 2.44. The molecule has 1 aromatic rings. The molecule has 1 saturated heterocycles. The van der Waals surface area contributed by atoms with Crippen molar-refractivity contribution in [2.24, 2.45) is 0 Å². The van der Waals surface area contributed by atoms with Gasteiger partial charge in [0.25, 0.3) is 0 Å². The summed E-state index contributed by atoms with van der Waals surface area (Å²) in [6.45, 7) is 0.886. The first-order chi connectivity index (χ1) is 12.2. The van der Waals surface area contributed by atoms with Crippen molar-refractivity contribution >= 4 is 5.97 Å². The van der Waals surface area contributed by atoms with E-state index in [-0.39, 0.29) is 5.97 Å². The molecule has 0 bridgehead atoms. The van der Waals surface area contributed by atoms with Crippen molar-refractivity contribution in [2.45, 2.75) is 57.2 Å². The Morgan fingerprint density at radius 2 is 2.04 bits per heavy atom. The molecule has 0 aromatic heterocycles. The molecule has 0 spiro atoms. The van der Waals surface area contributed by atoms with Gasteiger partial charge in [-0.3, -0.25) is 4.90 Å². The van der Waals surface area contributed by atoms with E-state index in [0.717, 1.165) is 25.1 Å². The SMILES string of the molecule is COC(=O)c1c(CCC2NNCN2C2CCCCC2)cccc1OC. The van der Waals surface area contributed by atoms with E-state index in [1.165, 1.54) is 39.2 Å². The molecule has 0 amide bonds. The molecular weight excluding hydrogens is 318 g/mol. The Labute approximate surface area is 149 Å². The number of esters is 1. The first kappa shape index (κ1) is 18.2. The van der Waals surface area contributed by atoms with Crippen LogP contribution >= 0.6 is 0 Å². The summed E-state index contributed by atoms with van der Waals surface area (Å²) in [6.07, 6.45) is 8.61. The maximum Gasteiger partial charge on any atom is 0.341 e. The zero-order valence-electron chi connectivity index (χ0n) is 15.2. The van der Waals surface area contributed by atoms with E-state index in [1.807, 2.05) is 12.1 Å². The summed E-state index contributed by atoms with van der Waals surface area (Å²) >= 11 is 0. The van der Waals surface area contributed by atoms with Crippen molar-refractivity contribution in [1.29, 1.82) is 0 Å². The summed E-state index contributed by atoms with van der Waals surface area (Å²) in [6, 6.07) is 6.38. The summed E-state index contributed by atoms with van der Waals surface area (Å²) in [5.74, 6) is 0.236. The van der Waals surface area contributed by atoms with Crippen LogP contribution in [0.25, 0.3) is 0 Å². The number of hydrogen-bond donors (Lipinski definition) is 2. The molecule has 1 aliphatic heterocycles. The second-order valence-corrected chi connectivity index (χ2v) is 6.83. The second kappa shape index (κ2) is 8.65. The monoisotopic (exact) mass is 347 g/mol. The summed E-state index contributed by atoms with van der Waals surface area (Å²) in [5, 5.41) is 0. The molecular formula is C19H29N3O3. The van der Waals surface area contributed by atoms with Gasteiger partial charge in [-0.25, -0.2) is 15.6 Å². The lowest BCUT2D eigenvalue weighted by molar-refractivity contribution is 0.0595. The number of hydrogen-bond acceptors (Lipinski definition) is 6. The largest absolute Gasteiger partial charge is 0.496 e. The minimum Gasteiger partial charge on any atom is -0.496 e. The fourth-order valence-corrected chi connectivity index (χ4v) is 4.06. The molecule has 0 radical (unpaired) electrons. The van der Waals surface area contributed by atoms with Gasteiger partial charge in [0.15, 0.2) is 0 Å². The molecule has 1 atom stereocenters. The van der Waals surface area contributed by atoms with Gasteiger partial charge >= 0.3 is 5.97 Å². The van der Waals surface area contributed by atoms with Gasteiger partial charge in [0.1, 0.15) is 11.3 Å². The number of methoxy groups -OCH3 is 2. The van der Waals surface area contributed by atoms with E-state index in [9.17, 15) is 4.79 Å². The van der Waals surface area contributed by atoms with E-state index in [4.69, 9.17) is 9.47 Å². The number of rotatable bonds is 6. The number of nitrogens with one attached hydrogen (secondary N) is 2. The number of carbonyl (C=O) groups excluding carboxylic acids is 1. The zero-order valence-corrected chi connectivity index (χ0v) is 15.2. The number of carbonyl (C=O) groups is 1. The van der Waals surface area contributed by atoms with Gasteiger partial charge in [0, 0.05) is 6.04 Å². The Morgan fingerprint density at radius 1 is 1.24 bits per heavy atom. The Bertz CT molecular complexity index is 587. The Kier molecular flexibility index (Phi) is 6.29. The minimum absolute atomic E-state index is 0.291. The Hall–Kier alpha value is -1.63. The van der Waals surface area contributed by atoms with Gasteiger partial charge in [-0.2, -0.15) is 0 Å². The minimum atomic E-state index is -0.339. The van der Waals surface area contributed by atoms with E-state index in [0.29, 0.717) is 23.5 Å². The van der Waals surface area contributed by atoms with Crippen molar-refractivity contribution in [3.63, 3.8) is 0 Å². The van der Waals surface area contributed by atoms with Crippen LogP contribution in [0.15, 0.2) is 18.2 Å². The Balaban J connectivity index is 1.69. The van der Waals surface area contributed by atoms with Crippen LogP contribution in [0, 0.1) is 0 Å². The third kappa shape index (κ3) is 4.14. The molecule has 1 aromatic carbocycles. The van der Waals surface area contributed by atoms with E-state index < -0.39 is 0 Å². The molecule has 3 rings (SSSR count). The standard InChI is InChI=1S/C19H29N3O3/c1-24-16-10-6-7-14(18(16)19(23)25-2)11-12-17-21-20-13-22(17)15-8-4-3-5-9-15/h6-7,10,15,17,20-21H,3-5,8-9,11-13H2,1-2H3. The molecule has 2 N–H and O–H groups in total. The number of benzene rings is 1. The Morgan fingerprint density at radius 3 is 2.76 bits per heavy atom. The lowest BCUT2D eigenvalue weighted by atomic mass is 9.93. The molecule has 6 nitrogen and oxygen atoms in total. The van der Waals surface area contributed by atoms with Gasteiger partial charge in [-0.1, -0.05) is 31.4 Å². The van der Waals surface area contributed by atoms with E-state index in [2.05, 4.69) is 15.8 Å². The quantitative estimate of drug-likeness (QED) is 0.771. The number of hydrazine groups is 1. The molecule has 138 valence electrons. The lowest BCUT2D eigenvalue weighted by Gasteiger charge is -2.34. The highest BCUT2D eigenvalue weighted by atomic mass is 16.5. The van der Waals surface area contributed by atoms with Crippen molar-refractivity contribution in [3.8, 4) is 5.75 Å². The molecule has 1 aliphatic carbocycles. The van der Waals surface area contributed by atoms with Crippen LogP contribution in [0.4, 0.5) is 0 Å². The van der Waals surface area contributed by atoms with E-state index in [1.54, 1.807) is 13.2 Å². The smallest absolute Gasteiger partial charge is 0.341 e. The average Bonchev–Trinajstić information content (AvgIpc) is 3.14. The third-order valence-electron chi connectivity index (χ3n) is 5.38. The van der Waals surface area contributed by atoms with Crippen molar-refractivity contribution in [3.05, 3.63) is 29.3 Å². The van der Waals surface area contributed by atoms with Gasteiger partial charge < -0.3 is 9.47 Å². The third-order valence-corrected chi connectivity index (χ3v) is 5.38. The fraction of sp³-hybridized carbons (Fsp3) is 0.632. The molecule has 6 heteroatoms. The average molecular weight is 347 g/mol. The van der Waals surface area contributed by atoms with Crippen molar-refractivity contribution in [1.82, 2.24) is 15.8 Å². The van der Waals surface area contributed by atoms with Crippen molar-refractivity contribution in [2.75, 3.05) is 20.9 Å². The van der Waals surface area contributed by atoms with Gasteiger partial charge in [-0.05, 0) is 37.3 Å². The van der Waals surface area contributed by atoms with Crippen LogP contribution in [0.3, 0.4) is 0 Å². The summed E-state index contributed by atoms with van der Waals surface area (Å²) < 4.78 is 10.3. The molecule has 1 heterocycles. The van der Waals surface area contributed by atoms with Crippen LogP contribution in [0.1, 0.15) is 54.4 Å². The fourth-order valence-electron chi connectivity index (χ4n) is 4.06. The molecule has 25 heavy (non-hydrogen) atoms. The molecule has 1 unspecified atom stereocenters. The van der Waals surface area contributed by atoms with Crippen LogP contribution < -0.4 is 15.6 Å². The maximum absolute atomic E-state index is 12.2. The highest BCUT2D eigenvalue weighted by molar-refractivity contribution is 5.94. The van der Waals surface area contributed by atoms with Crippen molar-refractivity contribution < 1.29 is 14.3 Å². The van der Waals surface area contributed by atoms with Crippen LogP contribution in [0.5, 0.6) is 5.75 Å². The number of aryl methyl sites for hydroxylation is 1. The highest BCUT2D eigenvalue weighted by Crippen LogP contribution is 2.28. The number of ether oxygens (including phenoxy) is 2. The van der Waals surface area contributed by atoms with Crippen LogP contribution in [-0.2, 0) is 11.2 Å². The van der Waals surface area contributed by atoms with Crippen LogP contribution in [-0.4, -0.2) is 44.0 Å². The van der Waals surface area contributed by atoms with Crippen LogP contribution in [0.2, 0.25) is 0 Å². The van der Waals surface area contributed by atoms with Gasteiger partial charge in [-0.15, -0.1) is 0 Å². The maximum atomic E-state index is 12.2. The van der Waals surface area contributed by atoms with Gasteiger partial charge in [0.05, 0.1) is 27.1 Å². The molecule has 2 fully saturated rings. The normalized spacial score (nSPS) is 22.1. The van der Waals surface area contributed by atoms with E-state index >= 15 is 0 Å². The number of nitrogens with zero attached hydrogens (tertiary/aromatic N) is 1. The summed E-state index contributed by atoms with van der Waals surface area (Å²) in [5.41, 5.74) is 8.20. The first-order valence-corrected chi connectivity index (χ1v) is 9.23. The predicted molar refractivity (Wildman–Crippen MR) is 96.3 cm³/mol. The highest BCUT2D eigenvalue weighted by Gasteiger charge is 2.31. The lowest BCUT2D eigenvalue weighted by Crippen LogP contribution is -2.44. The first-order valence-electron chi connectivity index (χ1n) is 9.23. The molecule has 1 saturated carbocycles. The summed E-state index contributed by atoms with van der Waals surface area (Å²) in [7, 11) is 2.99. The zero-order chi connectivity index (χ0) is 17.6. The second-order valence-electron chi connectivity index (χ2n) is 6.83. The topological polar surface area (TPSA) is 62.8 Å². The summed E-state index contributed by atoms with van der Waals surface area (Å²) in [4.78, 5) is 14.7. The molecule has 2 aliphatic rings. The van der Waals surface area contributed by atoms with Gasteiger partial charge in [0.2, 0.25) is 0 Å².